The number of unbranched alkanes of at least 4 members (excludes halogenated alkanes) is 22. The Morgan fingerprint density at radius 3 is 1.42 bits per heavy atom. The Morgan fingerprint density at radius 2 is 0.986 bits per heavy atom. The Kier molecular flexibility index (Phi) is 35.4. The minimum atomic E-state index is -5.28. The minimum absolute atomic E-state index is 0. The van der Waals surface area contributed by atoms with Crippen molar-refractivity contribution < 1.29 is 116 Å². The fraction of sp³-hybridized carbons (Fsp3) is 0.980. The van der Waals surface area contributed by atoms with Gasteiger partial charge in [-0.1, -0.05) is 168 Å². The second kappa shape index (κ2) is 37.6. The third-order valence-corrected chi connectivity index (χ3v) is 14.5. The topological polar surface area (TPSA) is 296 Å². The average molecular weight is 1050 g/mol. The van der Waals surface area contributed by atoms with Crippen molar-refractivity contribution in [2.75, 3.05) is 19.8 Å². The molecule has 0 aromatic rings. The first-order chi connectivity index (χ1) is 33.6. The Bertz CT molecular complexity index is 1460. The molecule has 0 radical (unpaired) electrons. The molecule has 19 nitrogen and oxygen atoms in total. The SMILES string of the molecule is CCCCCCCCCCCCCCC(CCCCCCCCCCCCCC)CO[C@@H]1O[C@H](CO)[C@@H](O[C@@H]2O[C@H](CO)[C@H](O)[C@H](OS(=O)(=O)O)[C@H]2O)[C@H](O[C@@H]2O[C@@H](C)[C@@H](O)[C@@H](O)[C@@H]2O)[C@H]1N=C(C)[O-].[Na+]. The van der Waals surface area contributed by atoms with E-state index in [0.29, 0.717) is 0 Å². The van der Waals surface area contributed by atoms with Gasteiger partial charge in [-0.25, -0.2) is 4.18 Å². The van der Waals surface area contributed by atoms with Crippen LogP contribution in [-0.2, 0) is 43.0 Å². The molecule has 71 heavy (non-hydrogen) atoms. The molecule has 0 aromatic carbocycles. The maximum absolute atomic E-state index is 12.9. The molecule has 15 atom stereocenters. The van der Waals surface area contributed by atoms with Crippen molar-refractivity contribution in [2.24, 2.45) is 10.9 Å². The third kappa shape index (κ3) is 24.8. The van der Waals surface area contributed by atoms with Crippen LogP contribution in [0.5, 0.6) is 0 Å². The number of aliphatic hydroxyl groups is 7. The molecule has 0 aliphatic carbocycles. The van der Waals surface area contributed by atoms with Crippen molar-refractivity contribution in [3.8, 4) is 0 Å². The van der Waals surface area contributed by atoms with E-state index >= 15 is 0 Å². The molecular weight excluding hydrogens is 958 g/mol. The zero-order chi connectivity index (χ0) is 51.5. The zero-order valence-electron chi connectivity index (χ0n) is 43.8. The smallest absolute Gasteiger partial charge is 0.862 e. The molecule has 0 bridgehead atoms. The van der Waals surface area contributed by atoms with Gasteiger partial charge in [0.05, 0.1) is 25.9 Å². The standard InChI is InChI=1S/C50H95NO18S.Na/c1-5-7-9-11-13-15-17-19-21-23-25-27-29-36(30-28-26-24-22-20-18-16-14-12-10-8-6-2)33-63-48-39(51-35(4)54)46(68-49-43(58)42(57)40(55)34(3)64-49)45(38(32-53)66-48)67-50-44(59)47(69-70(60,61)62)41(56)37(31-52)65-50;/h34,36-50,52-53,55-59H,5-33H2,1-4H3,(H,51,54)(H,60,61,62);/q;+1/p-1/t34-,37+,38+,39+,40+,41-,42+,43-,44+,45+,46+,47-,48+,49-,50-;/m0./s1. The summed E-state index contributed by atoms with van der Waals surface area (Å²) in [6.45, 7) is 5.54. The van der Waals surface area contributed by atoms with Gasteiger partial charge in [-0.2, -0.15) is 8.42 Å². The van der Waals surface area contributed by atoms with E-state index in [0.717, 1.165) is 51.4 Å². The van der Waals surface area contributed by atoms with E-state index in [4.69, 9.17) is 28.4 Å². The predicted octanol–water partition coefficient (Wildman–Crippen LogP) is 1.90. The van der Waals surface area contributed by atoms with Crippen molar-refractivity contribution in [3.63, 3.8) is 0 Å². The van der Waals surface area contributed by atoms with Crippen LogP contribution < -0.4 is 34.7 Å². The van der Waals surface area contributed by atoms with E-state index in [9.17, 15) is 53.8 Å². The van der Waals surface area contributed by atoms with Gasteiger partial charge in [0, 0.05) is 0 Å². The summed E-state index contributed by atoms with van der Waals surface area (Å²) in [5, 5.41) is 87.9. The van der Waals surface area contributed by atoms with E-state index < -0.39 is 122 Å². The van der Waals surface area contributed by atoms with Gasteiger partial charge in [0.1, 0.15) is 67.1 Å². The Balaban J connectivity index is 0.0000173. The molecule has 3 fully saturated rings. The largest absolute Gasteiger partial charge is 1.00 e. The first-order valence-corrected chi connectivity index (χ1v) is 28.3. The summed E-state index contributed by atoms with van der Waals surface area (Å²) < 4.78 is 74.1. The molecule has 8 N–H and O–H groups in total. The summed E-state index contributed by atoms with van der Waals surface area (Å²) in [4.78, 5) is 4.28. The van der Waals surface area contributed by atoms with Gasteiger partial charge < -0.3 is 69.3 Å². The van der Waals surface area contributed by atoms with Crippen LogP contribution in [0.25, 0.3) is 0 Å². The molecule has 0 saturated carbocycles. The molecule has 0 spiro atoms. The molecule has 3 aliphatic rings. The van der Waals surface area contributed by atoms with Gasteiger partial charge >= 0.3 is 40.0 Å². The minimum Gasteiger partial charge on any atom is -0.862 e. The van der Waals surface area contributed by atoms with Crippen LogP contribution in [0.2, 0.25) is 0 Å². The summed E-state index contributed by atoms with van der Waals surface area (Å²) in [6.07, 6.45) is 7.39. The van der Waals surface area contributed by atoms with Crippen molar-refractivity contribution in [3.05, 3.63) is 0 Å². The van der Waals surface area contributed by atoms with Gasteiger partial charge in [0.15, 0.2) is 18.9 Å². The summed E-state index contributed by atoms with van der Waals surface area (Å²) >= 11 is 0. The van der Waals surface area contributed by atoms with Gasteiger partial charge in [-0.15, -0.1) is 0 Å². The fourth-order valence-corrected chi connectivity index (χ4v) is 10.3. The van der Waals surface area contributed by atoms with Crippen LogP contribution in [0.4, 0.5) is 0 Å². The zero-order valence-corrected chi connectivity index (χ0v) is 46.6. The molecule has 3 saturated heterocycles. The van der Waals surface area contributed by atoms with Crippen LogP contribution in [0.3, 0.4) is 0 Å². The molecule has 3 rings (SSSR count). The molecule has 3 heterocycles. The molecule has 0 unspecified atom stereocenters. The van der Waals surface area contributed by atoms with Crippen LogP contribution in [0, 0.1) is 5.92 Å². The van der Waals surface area contributed by atoms with Gasteiger partial charge in [-0.05, 0) is 38.5 Å². The molecule has 0 aromatic heterocycles. The second-order valence-electron chi connectivity index (χ2n) is 20.0. The first kappa shape index (κ1) is 66.9. The molecule has 21 heteroatoms. The second-order valence-corrected chi connectivity index (χ2v) is 21.0. The molecule has 414 valence electrons. The first-order valence-electron chi connectivity index (χ1n) is 26.9. The normalized spacial score (nSPS) is 31.8. The van der Waals surface area contributed by atoms with Gasteiger partial charge in [0.25, 0.3) is 0 Å². The molecular formula is C50H94NNaO18S. The number of aliphatic hydroxyl groups excluding tert-OH is 7. The van der Waals surface area contributed by atoms with Crippen LogP contribution >= 0.6 is 0 Å². The number of hydrogen-bond donors (Lipinski definition) is 8. The number of hydrogen-bond acceptors (Lipinski definition) is 18. The van der Waals surface area contributed by atoms with E-state index in [2.05, 4.69) is 23.0 Å². The quantitative estimate of drug-likeness (QED) is 0.0144. The molecule has 0 amide bonds. The Hall–Kier alpha value is -0.180. The number of rotatable bonds is 38. The van der Waals surface area contributed by atoms with E-state index in [-0.39, 0.29) is 42.1 Å². The molecule has 3 aliphatic heterocycles. The number of aliphatic imine (C=N–C) groups is 1. The van der Waals surface area contributed by atoms with Crippen molar-refractivity contribution in [1.82, 2.24) is 0 Å². The fourth-order valence-electron chi connectivity index (χ4n) is 9.79. The average Bonchev–Trinajstić information content (AvgIpc) is 3.32. The van der Waals surface area contributed by atoms with E-state index in [1.54, 1.807) is 0 Å². The number of ether oxygens (including phenoxy) is 6. The van der Waals surface area contributed by atoms with Crippen LogP contribution in [-0.4, -0.2) is 166 Å². The Morgan fingerprint density at radius 1 is 0.563 bits per heavy atom. The predicted molar refractivity (Wildman–Crippen MR) is 260 cm³/mol. The summed E-state index contributed by atoms with van der Waals surface area (Å²) in [5.74, 6) is -0.600. The summed E-state index contributed by atoms with van der Waals surface area (Å²) in [6, 6.07) is -1.43. The Labute approximate surface area is 447 Å². The summed E-state index contributed by atoms with van der Waals surface area (Å²) in [5.41, 5.74) is 0. The van der Waals surface area contributed by atoms with Crippen LogP contribution in [0.1, 0.15) is 195 Å². The van der Waals surface area contributed by atoms with Gasteiger partial charge in [0.2, 0.25) is 0 Å². The number of nitrogens with zero attached hydrogens (tertiary/aromatic N) is 1. The van der Waals surface area contributed by atoms with E-state index in [1.807, 2.05) is 0 Å². The van der Waals surface area contributed by atoms with E-state index in [1.165, 1.54) is 129 Å². The van der Waals surface area contributed by atoms with Crippen molar-refractivity contribution in [1.29, 1.82) is 0 Å². The monoisotopic (exact) mass is 1050 g/mol. The van der Waals surface area contributed by atoms with Gasteiger partial charge in [-0.3, -0.25) is 9.55 Å². The maximum atomic E-state index is 12.9. The summed E-state index contributed by atoms with van der Waals surface area (Å²) in [7, 11) is -5.28. The maximum Gasteiger partial charge on any atom is 1.00 e. The van der Waals surface area contributed by atoms with Crippen molar-refractivity contribution in [2.45, 2.75) is 287 Å². The van der Waals surface area contributed by atoms with Crippen molar-refractivity contribution >= 4 is 16.3 Å². The van der Waals surface area contributed by atoms with Crippen LogP contribution in [0.15, 0.2) is 4.99 Å². The third-order valence-electron chi connectivity index (χ3n) is 14.0.